The van der Waals surface area contributed by atoms with Gasteiger partial charge in [0, 0.05) is 6.54 Å². The largest absolute Gasteiger partial charge is 0.480 e. The Balaban J connectivity index is 2.75. The molecule has 1 aromatic carbocycles. The van der Waals surface area contributed by atoms with Gasteiger partial charge >= 0.3 is 12.1 Å². The summed E-state index contributed by atoms with van der Waals surface area (Å²) in [6.07, 6.45) is -2.75. The lowest BCUT2D eigenvalue weighted by molar-refractivity contribution is -0.139. The van der Waals surface area contributed by atoms with Crippen LogP contribution in [0.1, 0.15) is 11.1 Å². The van der Waals surface area contributed by atoms with E-state index in [1.165, 1.54) is 18.2 Å². The lowest BCUT2D eigenvalue weighted by Gasteiger charge is -2.14. The summed E-state index contributed by atoms with van der Waals surface area (Å²) in [5.74, 6) is -1.05. The van der Waals surface area contributed by atoms with Crippen molar-refractivity contribution < 1.29 is 23.1 Å². The fourth-order valence-corrected chi connectivity index (χ4v) is 1.54. The Morgan fingerprint density at radius 3 is 2.37 bits per heavy atom. The zero-order chi connectivity index (χ0) is 14.5. The Morgan fingerprint density at radius 2 is 1.95 bits per heavy atom. The molecule has 0 heterocycles. The zero-order valence-electron chi connectivity index (χ0n) is 10.1. The van der Waals surface area contributed by atoms with Gasteiger partial charge in [-0.15, -0.1) is 6.58 Å². The number of carboxylic acid groups (broad SMARTS) is 1. The number of nitrogens with one attached hydrogen (secondary N) is 1. The molecule has 19 heavy (non-hydrogen) atoms. The van der Waals surface area contributed by atoms with E-state index in [1.807, 2.05) is 0 Å². The van der Waals surface area contributed by atoms with Crippen molar-refractivity contribution in [2.75, 3.05) is 6.54 Å². The number of halogens is 3. The van der Waals surface area contributed by atoms with E-state index in [0.29, 0.717) is 12.1 Å². The van der Waals surface area contributed by atoms with Crippen LogP contribution in [0.25, 0.3) is 0 Å². The highest BCUT2D eigenvalue weighted by atomic mass is 19.4. The topological polar surface area (TPSA) is 49.3 Å². The minimum atomic E-state index is -4.38. The molecule has 0 fully saturated rings. The molecule has 1 rings (SSSR count). The van der Waals surface area contributed by atoms with E-state index in [0.717, 1.165) is 12.1 Å². The Labute approximate surface area is 108 Å². The van der Waals surface area contributed by atoms with E-state index in [9.17, 15) is 18.0 Å². The van der Waals surface area contributed by atoms with E-state index in [-0.39, 0.29) is 6.42 Å². The lowest BCUT2D eigenvalue weighted by Crippen LogP contribution is -2.38. The number of carbonyl (C=O) groups is 1. The van der Waals surface area contributed by atoms with Gasteiger partial charge < -0.3 is 10.4 Å². The Hall–Kier alpha value is -1.82. The molecule has 0 bridgehead atoms. The molecule has 0 unspecified atom stereocenters. The van der Waals surface area contributed by atoms with Crippen LogP contribution in [0.4, 0.5) is 13.2 Å². The van der Waals surface area contributed by atoms with Crippen molar-refractivity contribution in [3.05, 3.63) is 48.0 Å². The molecule has 0 saturated carbocycles. The fraction of sp³-hybridized carbons (Fsp3) is 0.308. The maximum Gasteiger partial charge on any atom is 0.416 e. The molecule has 1 aromatic rings. The average molecular weight is 273 g/mol. The third-order valence-corrected chi connectivity index (χ3v) is 2.53. The number of hydrogen-bond acceptors (Lipinski definition) is 2. The van der Waals surface area contributed by atoms with Gasteiger partial charge in [0.1, 0.15) is 6.04 Å². The van der Waals surface area contributed by atoms with Crippen molar-refractivity contribution in [3.63, 3.8) is 0 Å². The molecular weight excluding hydrogens is 259 g/mol. The summed E-state index contributed by atoms with van der Waals surface area (Å²) in [5, 5.41) is 11.7. The summed E-state index contributed by atoms with van der Waals surface area (Å²) in [6.45, 7) is 3.77. The predicted octanol–water partition coefficient (Wildman–Crippen LogP) is 2.48. The van der Waals surface area contributed by atoms with Gasteiger partial charge in [-0.1, -0.05) is 18.2 Å². The highest BCUT2D eigenvalue weighted by molar-refractivity contribution is 5.73. The fourth-order valence-electron chi connectivity index (χ4n) is 1.54. The minimum absolute atomic E-state index is 0.112. The van der Waals surface area contributed by atoms with Gasteiger partial charge in [-0.25, -0.2) is 0 Å². The van der Waals surface area contributed by atoms with Gasteiger partial charge in [0.2, 0.25) is 0 Å². The monoisotopic (exact) mass is 273 g/mol. The average Bonchev–Trinajstić information content (AvgIpc) is 2.33. The van der Waals surface area contributed by atoms with Gasteiger partial charge in [0.15, 0.2) is 0 Å². The summed E-state index contributed by atoms with van der Waals surface area (Å²) in [5.41, 5.74) is -0.223. The molecule has 1 atom stereocenters. The molecule has 0 spiro atoms. The summed E-state index contributed by atoms with van der Waals surface area (Å²) in [7, 11) is 0. The first kappa shape index (κ1) is 15.2. The van der Waals surface area contributed by atoms with Gasteiger partial charge in [-0.05, 0) is 24.1 Å². The maximum atomic E-state index is 12.4. The highest BCUT2D eigenvalue weighted by Crippen LogP contribution is 2.29. The molecule has 0 aliphatic heterocycles. The molecule has 0 aliphatic rings. The van der Waals surface area contributed by atoms with Gasteiger partial charge in [-0.2, -0.15) is 13.2 Å². The van der Waals surface area contributed by atoms with Gasteiger partial charge in [-0.3, -0.25) is 4.79 Å². The van der Waals surface area contributed by atoms with Crippen LogP contribution < -0.4 is 5.32 Å². The van der Waals surface area contributed by atoms with Crippen molar-refractivity contribution in [1.29, 1.82) is 0 Å². The second-order valence-corrected chi connectivity index (χ2v) is 3.99. The first-order chi connectivity index (χ1) is 8.84. The maximum absolute atomic E-state index is 12.4. The molecule has 0 aliphatic carbocycles. The second kappa shape index (κ2) is 6.38. The first-order valence-corrected chi connectivity index (χ1v) is 5.58. The van der Waals surface area contributed by atoms with Crippen LogP contribution in [0, 0.1) is 0 Å². The van der Waals surface area contributed by atoms with Crippen LogP contribution in [0.2, 0.25) is 0 Å². The molecule has 0 aromatic heterocycles. The SMILES string of the molecule is C=CCN[C@@H](Cc1ccc(C(F)(F)F)cc1)C(=O)O. The Kier molecular flexibility index (Phi) is 5.11. The predicted molar refractivity (Wildman–Crippen MR) is 64.8 cm³/mol. The molecule has 3 nitrogen and oxygen atoms in total. The van der Waals surface area contributed by atoms with Gasteiger partial charge in [0.25, 0.3) is 0 Å². The summed E-state index contributed by atoms with van der Waals surface area (Å²) in [4.78, 5) is 11.0. The molecule has 104 valence electrons. The standard InChI is InChI=1S/C13H14F3NO2/c1-2-7-17-11(12(18)19)8-9-3-5-10(6-4-9)13(14,15)16/h2-6,11,17H,1,7-8H2,(H,18,19)/t11-/m0/s1. The number of hydrogen-bond donors (Lipinski definition) is 2. The van der Waals surface area contributed by atoms with Crippen molar-refractivity contribution >= 4 is 5.97 Å². The molecule has 6 heteroatoms. The minimum Gasteiger partial charge on any atom is -0.480 e. The number of alkyl halides is 3. The van der Waals surface area contributed by atoms with E-state index in [2.05, 4.69) is 11.9 Å². The van der Waals surface area contributed by atoms with E-state index in [1.54, 1.807) is 0 Å². The Bertz CT molecular complexity index is 440. The van der Waals surface area contributed by atoms with E-state index in [4.69, 9.17) is 5.11 Å². The van der Waals surface area contributed by atoms with Crippen LogP contribution in [-0.4, -0.2) is 23.7 Å². The molecule has 0 radical (unpaired) electrons. The quantitative estimate of drug-likeness (QED) is 0.783. The smallest absolute Gasteiger partial charge is 0.416 e. The summed E-state index contributed by atoms with van der Waals surface area (Å²) < 4.78 is 37.1. The Morgan fingerprint density at radius 1 is 1.37 bits per heavy atom. The first-order valence-electron chi connectivity index (χ1n) is 5.58. The van der Waals surface area contributed by atoms with Gasteiger partial charge in [0.05, 0.1) is 5.56 Å². The zero-order valence-corrected chi connectivity index (χ0v) is 10.1. The molecular formula is C13H14F3NO2. The number of benzene rings is 1. The number of aliphatic carboxylic acids is 1. The number of carboxylic acids is 1. The van der Waals surface area contributed by atoms with Crippen molar-refractivity contribution in [2.24, 2.45) is 0 Å². The second-order valence-electron chi connectivity index (χ2n) is 3.99. The van der Waals surface area contributed by atoms with Crippen molar-refractivity contribution in [2.45, 2.75) is 18.6 Å². The molecule has 0 saturated heterocycles. The third-order valence-electron chi connectivity index (χ3n) is 2.53. The molecule has 0 amide bonds. The van der Waals surface area contributed by atoms with Crippen LogP contribution in [0.5, 0.6) is 0 Å². The van der Waals surface area contributed by atoms with E-state index < -0.39 is 23.8 Å². The summed E-state index contributed by atoms with van der Waals surface area (Å²) in [6, 6.07) is 3.61. The summed E-state index contributed by atoms with van der Waals surface area (Å²) >= 11 is 0. The normalized spacial score (nSPS) is 13.0. The third kappa shape index (κ3) is 4.75. The highest BCUT2D eigenvalue weighted by Gasteiger charge is 2.30. The van der Waals surface area contributed by atoms with Crippen LogP contribution in [0.3, 0.4) is 0 Å². The van der Waals surface area contributed by atoms with Crippen molar-refractivity contribution in [3.8, 4) is 0 Å². The van der Waals surface area contributed by atoms with Crippen LogP contribution in [-0.2, 0) is 17.4 Å². The van der Waals surface area contributed by atoms with Crippen LogP contribution >= 0.6 is 0 Å². The lowest BCUT2D eigenvalue weighted by atomic mass is 10.0. The van der Waals surface area contributed by atoms with Crippen LogP contribution in [0.15, 0.2) is 36.9 Å². The van der Waals surface area contributed by atoms with E-state index >= 15 is 0 Å². The molecule has 2 N–H and O–H groups in total. The number of rotatable bonds is 6. The van der Waals surface area contributed by atoms with Crippen molar-refractivity contribution in [1.82, 2.24) is 5.32 Å².